The first-order chi connectivity index (χ1) is 15.2. The van der Waals surface area contributed by atoms with E-state index < -0.39 is 0 Å². The van der Waals surface area contributed by atoms with Crippen LogP contribution < -0.4 is 5.32 Å². The topological polar surface area (TPSA) is 35.6 Å². The number of amides is 1. The van der Waals surface area contributed by atoms with E-state index in [0.717, 1.165) is 45.6 Å². The molecule has 3 atom stereocenters. The van der Waals surface area contributed by atoms with E-state index in [2.05, 4.69) is 76.6 Å². The van der Waals surface area contributed by atoms with E-state index in [1.54, 1.807) is 0 Å². The third-order valence-corrected chi connectivity index (χ3v) is 7.63. The summed E-state index contributed by atoms with van der Waals surface area (Å²) >= 11 is 0. The van der Waals surface area contributed by atoms with Gasteiger partial charge in [-0.05, 0) is 60.8 Å². The molecule has 4 heteroatoms. The molecule has 4 nitrogen and oxygen atoms in total. The van der Waals surface area contributed by atoms with E-state index in [1.807, 2.05) is 0 Å². The molecule has 1 saturated heterocycles. The predicted molar refractivity (Wildman–Crippen MR) is 124 cm³/mol. The maximum absolute atomic E-state index is 13.5. The number of nitrogens with zero attached hydrogens (tertiary/aromatic N) is 2. The largest absolute Gasteiger partial charge is 0.351 e. The molecule has 31 heavy (non-hydrogen) atoms. The third-order valence-electron chi connectivity index (χ3n) is 7.63. The number of hydrogen-bond acceptors (Lipinski definition) is 3. The molecule has 2 aliphatic heterocycles. The highest BCUT2D eigenvalue weighted by molar-refractivity contribution is 5.83. The average Bonchev–Trinajstić information content (AvgIpc) is 3.01. The van der Waals surface area contributed by atoms with Gasteiger partial charge in [0, 0.05) is 32.2 Å². The normalized spacial score (nSPS) is 28.3. The zero-order valence-corrected chi connectivity index (χ0v) is 18.7. The van der Waals surface area contributed by atoms with Crippen molar-refractivity contribution in [2.24, 2.45) is 11.8 Å². The Morgan fingerprint density at radius 3 is 2.35 bits per heavy atom. The molecule has 1 saturated carbocycles. The fourth-order valence-corrected chi connectivity index (χ4v) is 6.14. The van der Waals surface area contributed by atoms with Crippen LogP contribution in [0.4, 0.5) is 0 Å². The Hall–Kier alpha value is -2.17. The highest BCUT2D eigenvalue weighted by Gasteiger charge is 2.44. The van der Waals surface area contributed by atoms with Gasteiger partial charge in [0.2, 0.25) is 5.91 Å². The van der Waals surface area contributed by atoms with E-state index in [-0.39, 0.29) is 11.9 Å². The molecule has 1 aliphatic carbocycles. The molecule has 1 N–H and O–H groups in total. The van der Waals surface area contributed by atoms with E-state index in [9.17, 15) is 4.79 Å². The second kappa shape index (κ2) is 9.13. The lowest BCUT2D eigenvalue weighted by Gasteiger charge is -2.41. The number of likely N-dealkylation sites (tertiary alicyclic amines) is 1. The fourth-order valence-electron chi connectivity index (χ4n) is 6.14. The fraction of sp³-hybridized carbons (Fsp3) is 0.519. The van der Waals surface area contributed by atoms with Gasteiger partial charge in [0.15, 0.2) is 0 Å². The van der Waals surface area contributed by atoms with Crippen LogP contribution in [-0.2, 0) is 24.3 Å². The van der Waals surface area contributed by atoms with Gasteiger partial charge in [-0.15, -0.1) is 0 Å². The molecule has 3 unspecified atom stereocenters. The van der Waals surface area contributed by atoms with Crippen molar-refractivity contribution in [2.45, 2.75) is 57.8 Å². The Morgan fingerprint density at radius 1 is 0.968 bits per heavy atom. The van der Waals surface area contributed by atoms with Crippen molar-refractivity contribution in [2.75, 3.05) is 19.6 Å². The van der Waals surface area contributed by atoms with Crippen LogP contribution in [0.3, 0.4) is 0 Å². The summed E-state index contributed by atoms with van der Waals surface area (Å²) in [4.78, 5) is 18.5. The third kappa shape index (κ3) is 4.42. The first-order valence-electron chi connectivity index (χ1n) is 12.1. The number of carbonyl (C=O) groups excluding carboxylic acids is 1. The van der Waals surface area contributed by atoms with Gasteiger partial charge in [-0.3, -0.25) is 14.6 Å². The monoisotopic (exact) mass is 417 g/mol. The van der Waals surface area contributed by atoms with E-state index in [4.69, 9.17) is 0 Å². The molecule has 0 spiro atoms. The summed E-state index contributed by atoms with van der Waals surface area (Å²) in [5.41, 5.74) is 4.12. The molecule has 5 rings (SSSR count). The molecule has 3 aliphatic rings. The van der Waals surface area contributed by atoms with E-state index in [1.165, 1.54) is 29.5 Å². The van der Waals surface area contributed by atoms with Crippen LogP contribution in [0.5, 0.6) is 0 Å². The zero-order chi connectivity index (χ0) is 21.2. The molecular weight excluding hydrogens is 382 g/mol. The van der Waals surface area contributed by atoms with Crippen molar-refractivity contribution in [3.05, 3.63) is 71.3 Å². The molecule has 1 amide bonds. The molecule has 0 radical (unpaired) electrons. The SMILES string of the molecule is CCCN1Cc2ccccc2CC1C(=O)NC1C2CCC1CN(Cc1ccccc1)C2. The maximum atomic E-state index is 13.5. The molecule has 2 fully saturated rings. The van der Waals surface area contributed by atoms with Crippen molar-refractivity contribution >= 4 is 5.91 Å². The van der Waals surface area contributed by atoms with Crippen LogP contribution in [0.2, 0.25) is 0 Å². The molecule has 2 aromatic carbocycles. The van der Waals surface area contributed by atoms with Crippen LogP contribution in [0.1, 0.15) is 42.9 Å². The van der Waals surface area contributed by atoms with Crippen molar-refractivity contribution in [3.8, 4) is 0 Å². The quantitative estimate of drug-likeness (QED) is 0.776. The van der Waals surface area contributed by atoms with Gasteiger partial charge in [-0.1, -0.05) is 61.5 Å². The minimum Gasteiger partial charge on any atom is -0.351 e. The highest BCUT2D eigenvalue weighted by atomic mass is 16.2. The Labute approximate surface area is 186 Å². The molecule has 2 aromatic rings. The van der Waals surface area contributed by atoms with E-state index in [0.29, 0.717) is 17.9 Å². The summed E-state index contributed by atoms with van der Waals surface area (Å²) < 4.78 is 0. The van der Waals surface area contributed by atoms with Crippen LogP contribution in [0.15, 0.2) is 54.6 Å². The first kappa shape index (κ1) is 20.7. The summed E-state index contributed by atoms with van der Waals surface area (Å²) in [6, 6.07) is 19.7. The molecule has 2 bridgehead atoms. The van der Waals surface area contributed by atoms with Crippen LogP contribution in [-0.4, -0.2) is 47.4 Å². The molecule has 0 aromatic heterocycles. The second-order valence-electron chi connectivity index (χ2n) is 9.77. The Bertz CT molecular complexity index is 884. The smallest absolute Gasteiger partial charge is 0.237 e. The number of nitrogens with one attached hydrogen (secondary N) is 1. The Balaban J connectivity index is 1.24. The minimum atomic E-state index is -0.0309. The number of piperidine rings is 1. The van der Waals surface area contributed by atoms with E-state index >= 15 is 0 Å². The summed E-state index contributed by atoms with van der Waals surface area (Å²) in [5, 5.41) is 3.55. The lowest BCUT2D eigenvalue weighted by molar-refractivity contribution is -0.128. The van der Waals surface area contributed by atoms with Gasteiger partial charge < -0.3 is 5.32 Å². The standard InChI is InChI=1S/C27H35N3O/c1-2-14-30-19-22-11-7-6-10-21(22)15-25(30)27(31)28-26-23-12-13-24(26)18-29(17-23)16-20-8-4-3-5-9-20/h3-11,23-26H,2,12-19H2,1H3,(H,28,31). The maximum Gasteiger partial charge on any atom is 0.237 e. The van der Waals surface area contributed by atoms with Crippen molar-refractivity contribution in [1.82, 2.24) is 15.1 Å². The summed E-state index contributed by atoms with van der Waals surface area (Å²) in [5.74, 6) is 1.42. The Morgan fingerprint density at radius 2 is 1.65 bits per heavy atom. The highest BCUT2D eigenvalue weighted by Crippen LogP contribution is 2.38. The number of rotatable bonds is 6. The van der Waals surface area contributed by atoms with Gasteiger partial charge in [-0.25, -0.2) is 0 Å². The number of hydrogen-bond donors (Lipinski definition) is 1. The van der Waals surface area contributed by atoms with Crippen LogP contribution >= 0.6 is 0 Å². The predicted octanol–water partition coefficient (Wildman–Crippen LogP) is 3.85. The van der Waals surface area contributed by atoms with Gasteiger partial charge in [0.05, 0.1) is 6.04 Å². The molecule has 2 heterocycles. The summed E-state index contributed by atoms with van der Waals surface area (Å²) in [7, 11) is 0. The van der Waals surface area contributed by atoms with Crippen molar-refractivity contribution in [1.29, 1.82) is 0 Å². The van der Waals surface area contributed by atoms with Crippen molar-refractivity contribution < 1.29 is 4.79 Å². The van der Waals surface area contributed by atoms with Gasteiger partial charge in [0.1, 0.15) is 0 Å². The zero-order valence-electron chi connectivity index (χ0n) is 18.7. The molecular formula is C27H35N3O. The van der Waals surface area contributed by atoms with Gasteiger partial charge >= 0.3 is 0 Å². The van der Waals surface area contributed by atoms with Crippen LogP contribution in [0, 0.1) is 11.8 Å². The minimum absolute atomic E-state index is 0.0309. The van der Waals surface area contributed by atoms with Crippen molar-refractivity contribution in [3.63, 3.8) is 0 Å². The van der Waals surface area contributed by atoms with Crippen LogP contribution in [0.25, 0.3) is 0 Å². The number of carbonyl (C=O) groups is 1. The average molecular weight is 418 g/mol. The Kier molecular flexibility index (Phi) is 6.10. The van der Waals surface area contributed by atoms with Gasteiger partial charge in [-0.2, -0.15) is 0 Å². The summed E-state index contributed by atoms with van der Waals surface area (Å²) in [6.07, 6.45) is 4.40. The lowest BCUT2D eigenvalue weighted by atomic mass is 9.89. The summed E-state index contributed by atoms with van der Waals surface area (Å²) in [6.45, 7) is 7.31. The first-order valence-corrected chi connectivity index (χ1v) is 12.1. The number of fused-ring (bicyclic) bond motifs is 3. The number of benzene rings is 2. The molecule has 164 valence electrons. The second-order valence-corrected chi connectivity index (χ2v) is 9.77. The lowest BCUT2D eigenvalue weighted by Crippen LogP contribution is -2.57. The van der Waals surface area contributed by atoms with Gasteiger partial charge in [0.25, 0.3) is 0 Å².